The second-order valence-corrected chi connectivity index (χ2v) is 14.3. The number of methoxy groups -OCH3 is 2. The summed E-state index contributed by atoms with van der Waals surface area (Å²) in [5.41, 5.74) is -0.567. The van der Waals surface area contributed by atoms with Gasteiger partial charge in [-0.1, -0.05) is 40.9 Å². The number of fused-ring (bicyclic) bond motifs is 3. The van der Waals surface area contributed by atoms with Crippen LogP contribution in [0.5, 0.6) is 11.5 Å². The molecule has 1 saturated heterocycles. The van der Waals surface area contributed by atoms with Crippen molar-refractivity contribution >= 4 is 56.5 Å². The molecule has 274 valence electrons. The zero-order valence-corrected chi connectivity index (χ0v) is 30.6. The third-order valence-electron chi connectivity index (χ3n) is 10.3. The van der Waals surface area contributed by atoms with E-state index in [1.54, 1.807) is 24.3 Å². The van der Waals surface area contributed by atoms with Crippen molar-refractivity contribution in [2.24, 2.45) is 5.92 Å². The molecule has 6 rings (SSSR count). The van der Waals surface area contributed by atoms with Crippen LogP contribution >= 0.6 is 15.9 Å². The number of esters is 1. The van der Waals surface area contributed by atoms with Gasteiger partial charge >= 0.3 is 12.1 Å². The van der Waals surface area contributed by atoms with Crippen molar-refractivity contribution in [3.05, 3.63) is 42.1 Å². The van der Waals surface area contributed by atoms with Crippen LogP contribution in [0.1, 0.15) is 81.1 Å². The van der Waals surface area contributed by atoms with Crippen molar-refractivity contribution in [2.75, 3.05) is 26.1 Å². The molecule has 13 nitrogen and oxygen atoms in total. The van der Waals surface area contributed by atoms with Gasteiger partial charge in [-0.25, -0.2) is 14.6 Å². The van der Waals surface area contributed by atoms with E-state index in [1.165, 1.54) is 19.1 Å². The lowest BCUT2D eigenvalue weighted by atomic mass is 10.0. The third-order valence-corrected chi connectivity index (χ3v) is 10.8. The highest BCUT2D eigenvalue weighted by Gasteiger charge is 2.62. The van der Waals surface area contributed by atoms with E-state index in [1.807, 2.05) is 12.2 Å². The van der Waals surface area contributed by atoms with E-state index >= 15 is 0 Å². The van der Waals surface area contributed by atoms with Crippen molar-refractivity contribution in [3.63, 3.8) is 0 Å². The molecule has 2 N–H and O–H groups in total. The maximum atomic E-state index is 14.5. The summed E-state index contributed by atoms with van der Waals surface area (Å²) >= 11 is 3.22. The number of carbonyl (C=O) groups excluding carboxylic acids is 5. The monoisotopic (exact) mass is 768 g/mol. The molecule has 5 atom stereocenters. The number of alkyl carbamates (subject to hydrolysis) is 1. The van der Waals surface area contributed by atoms with Gasteiger partial charge in [0.15, 0.2) is 5.78 Å². The topological polar surface area (TPSA) is 162 Å². The Morgan fingerprint density at radius 3 is 2.57 bits per heavy atom. The fourth-order valence-electron chi connectivity index (χ4n) is 7.44. The number of pyridine rings is 1. The molecule has 0 radical (unpaired) electrons. The number of carbonyl (C=O) groups is 5. The Hall–Kier alpha value is -4.20. The van der Waals surface area contributed by atoms with E-state index in [2.05, 4.69) is 31.5 Å². The van der Waals surface area contributed by atoms with E-state index in [9.17, 15) is 24.0 Å². The van der Waals surface area contributed by atoms with E-state index in [0.29, 0.717) is 41.7 Å². The second kappa shape index (κ2) is 16.0. The summed E-state index contributed by atoms with van der Waals surface area (Å²) < 4.78 is 22.7. The van der Waals surface area contributed by atoms with Crippen molar-refractivity contribution in [3.8, 4) is 11.5 Å². The fraction of sp³-hybridized carbons (Fsp3) is 0.568. The van der Waals surface area contributed by atoms with Crippen LogP contribution in [0.15, 0.2) is 36.4 Å². The number of alkyl halides is 1. The number of amides is 3. The van der Waals surface area contributed by atoms with Crippen LogP contribution in [0.4, 0.5) is 4.79 Å². The number of Topliss-reactive ketones (excluding diaryl/α,β-unsaturated/α-hetero) is 1. The minimum absolute atomic E-state index is 0.0169. The maximum Gasteiger partial charge on any atom is 0.408 e. The largest absolute Gasteiger partial charge is 0.497 e. The molecule has 2 aliphatic heterocycles. The summed E-state index contributed by atoms with van der Waals surface area (Å²) in [5, 5.41) is 6.43. The van der Waals surface area contributed by atoms with Gasteiger partial charge in [-0.3, -0.25) is 14.4 Å². The Bertz CT molecular complexity index is 1700. The molecule has 0 bridgehead atoms. The Balaban J connectivity index is 1.32. The van der Waals surface area contributed by atoms with Gasteiger partial charge in [0.05, 0.1) is 31.6 Å². The quantitative estimate of drug-likeness (QED) is 0.166. The third kappa shape index (κ3) is 8.15. The fourth-order valence-corrected chi connectivity index (χ4v) is 7.73. The van der Waals surface area contributed by atoms with Gasteiger partial charge in [0.2, 0.25) is 11.8 Å². The summed E-state index contributed by atoms with van der Waals surface area (Å²) in [5.74, 6) is -1.07. The molecular weight excluding hydrogens is 724 g/mol. The van der Waals surface area contributed by atoms with E-state index in [4.69, 9.17) is 18.9 Å². The molecule has 3 amide bonds. The van der Waals surface area contributed by atoms with Crippen LogP contribution < -0.4 is 20.1 Å². The number of nitrogens with zero attached hydrogens (tertiary/aromatic N) is 2. The highest BCUT2D eigenvalue weighted by atomic mass is 79.9. The number of halogens is 1. The summed E-state index contributed by atoms with van der Waals surface area (Å²) in [6.45, 7) is 0.0169. The molecule has 1 aromatic carbocycles. The molecular formula is C37H45BrN4O9. The van der Waals surface area contributed by atoms with E-state index in [-0.39, 0.29) is 41.8 Å². The first-order valence-electron chi connectivity index (χ1n) is 17.7. The average Bonchev–Trinajstić information content (AvgIpc) is 3.41. The van der Waals surface area contributed by atoms with Crippen molar-refractivity contribution in [1.82, 2.24) is 20.5 Å². The molecule has 2 unspecified atom stereocenters. The lowest BCUT2D eigenvalue weighted by Crippen LogP contribution is -2.56. The number of benzene rings is 1. The number of aromatic nitrogens is 1. The summed E-state index contributed by atoms with van der Waals surface area (Å²) in [4.78, 5) is 73.5. The number of ether oxygens (including phenoxy) is 4. The standard InChI is InChI=1S/C37H45BrN4O9/c1-48-24-14-15-26-28(16-24)39-29(31(43)20-38)18-32(26)50-25-17-30-33(44)41-37(35(46)49-2)19-22(37)10-6-4-3-5-7-13-27(34(45)42(30)21-25)40-36(47)51-23-11-8-9-12-23/h6,10,14-16,18,22-23,25,27,30H,3-5,7-9,11-13,17,19-21H2,1-2H3,(H,40,47)(H,41,44)/b10-6-/t22?,25?,27-,30-,37+/m0/s1. The van der Waals surface area contributed by atoms with Gasteiger partial charge in [0.1, 0.15) is 47.0 Å². The molecule has 2 aliphatic carbocycles. The normalized spacial score (nSPS) is 27.6. The first-order valence-corrected chi connectivity index (χ1v) is 18.9. The van der Waals surface area contributed by atoms with Gasteiger partial charge in [-0.15, -0.1) is 0 Å². The van der Waals surface area contributed by atoms with Crippen LogP contribution in [0.3, 0.4) is 0 Å². The van der Waals surface area contributed by atoms with E-state index in [0.717, 1.165) is 44.9 Å². The van der Waals surface area contributed by atoms with Crippen LogP contribution in [-0.2, 0) is 23.9 Å². The molecule has 3 heterocycles. The first kappa shape index (κ1) is 36.6. The molecule has 2 saturated carbocycles. The Morgan fingerprint density at radius 2 is 1.82 bits per heavy atom. The van der Waals surface area contributed by atoms with Crippen molar-refractivity contribution in [2.45, 2.75) is 100 Å². The van der Waals surface area contributed by atoms with Crippen molar-refractivity contribution in [1.29, 1.82) is 0 Å². The van der Waals surface area contributed by atoms with Crippen LogP contribution in [0.25, 0.3) is 10.9 Å². The number of nitrogens with one attached hydrogen (secondary N) is 2. The highest BCUT2D eigenvalue weighted by Crippen LogP contribution is 2.46. The predicted octanol–water partition coefficient (Wildman–Crippen LogP) is 4.77. The molecule has 1 aromatic heterocycles. The van der Waals surface area contributed by atoms with Gasteiger partial charge in [0, 0.05) is 29.9 Å². The Morgan fingerprint density at radius 1 is 1.04 bits per heavy atom. The van der Waals surface area contributed by atoms with Gasteiger partial charge in [-0.2, -0.15) is 0 Å². The minimum atomic E-state index is -1.23. The molecule has 3 fully saturated rings. The number of ketones is 1. The van der Waals surface area contributed by atoms with Crippen LogP contribution in [0, 0.1) is 5.92 Å². The second-order valence-electron chi connectivity index (χ2n) is 13.8. The summed E-state index contributed by atoms with van der Waals surface area (Å²) in [6.07, 6.45) is 9.99. The minimum Gasteiger partial charge on any atom is -0.497 e. The summed E-state index contributed by atoms with van der Waals surface area (Å²) in [6, 6.07) is 4.85. The lowest BCUT2D eigenvalue weighted by molar-refractivity contribution is -0.148. The van der Waals surface area contributed by atoms with Crippen LogP contribution in [0.2, 0.25) is 0 Å². The highest BCUT2D eigenvalue weighted by molar-refractivity contribution is 9.09. The molecule has 14 heteroatoms. The molecule has 51 heavy (non-hydrogen) atoms. The average molecular weight is 770 g/mol. The maximum absolute atomic E-state index is 14.5. The summed E-state index contributed by atoms with van der Waals surface area (Å²) in [7, 11) is 2.83. The molecule has 0 spiro atoms. The van der Waals surface area contributed by atoms with E-state index < -0.39 is 47.6 Å². The Labute approximate surface area is 305 Å². The van der Waals surface area contributed by atoms with Gasteiger partial charge < -0.3 is 34.5 Å². The molecule has 4 aliphatic rings. The van der Waals surface area contributed by atoms with Crippen molar-refractivity contribution < 1.29 is 42.9 Å². The predicted molar refractivity (Wildman–Crippen MR) is 190 cm³/mol. The van der Waals surface area contributed by atoms with Gasteiger partial charge in [-0.05, 0) is 63.5 Å². The smallest absolute Gasteiger partial charge is 0.408 e. The Kier molecular flexibility index (Phi) is 11.5. The lowest BCUT2D eigenvalue weighted by Gasteiger charge is -2.29. The number of hydrogen-bond donors (Lipinski definition) is 2. The number of allylic oxidation sites excluding steroid dienone is 1. The zero-order chi connectivity index (χ0) is 36.1. The SMILES string of the molecule is COC(=O)[C@@]12CC1/C=C\CCCCC[C@H](NC(=O)OC1CCCC1)C(=O)N1CC(Oc3cc(C(=O)CBr)nc4cc(OC)ccc34)C[C@H]1C(=O)N2. The zero-order valence-electron chi connectivity index (χ0n) is 29.0. The molecule has 2 aromatic rings. The number of rotatable bonds is 8. The van der Waals surface area contributed by atoms with Gasteiger partial charge in [0.25, 0.3) is 0 Å². The first-order chi connectivity index (χ1) is 24.6. The number of hydrogen-bond acceptors (Lipinski definition) is 10. The van der Waals surface area contributed by atoms with Crippen LogP contribution in [-0.4, -0.2) is 95.5 Å².